The number of rotatable bonds is 4. The second-order valence-electron chi connectivity index (χ2n) is 4.64. The van der Waals surface area contributed by atoms with Crippen molar-refractivity contribution in [2.45, 2.75) is 46.1 Å². The van der Waals surface area contributed by atoms with Gasteiger partial charge in [-0.2, -0.15) is 0 Å². The molecule has 2 nitrogen and oxygen atoms in total. The summed E-state index contributed by atoms with van der Waals surface area (Å²) in [6, 6.07) is 0. The topological polar surface area (TPSA) is 24.9 Å². The fourth-order valence-corrected chi connectivity index (χ4v) is 1.90. The largest absolute Gasteiger partial charge is 0.312 e. The van der Waals surface area contributed by atoms with Gasteiger partial charge in [-0.05, 0) is 47.1 Å². The van der Waals surface area contributed by atoms with Gasteiger partial charge in [0.25, 0.3) is 0 Å². The van der Waals surface area contributed by atoms with E-state index in [0.717, 1.165) is 13.0 Å². The van der Waals surface area contributed by atoms with Crippen molar-refractivity contribution in [3.8, 4) is 0 Å². The highest BCUT2D eigenvalue weighted by molar-refractivity contribution is 7.09. The van der Waals surface area contributed by atoms with Gasteiger partial charge in [0.15, 0.2) is 0 Å². The zero-order valence-electron chi connectivity index (χ0n) is 9.55. The van der Waals surface area contributed by atoms with Crippen molar-refractivity contribution in [2.24, 2.45) is 0 Å². The molecule has 1 N–H and O–H groups in total. The van der Waals surface area contributed by atoms with Gasteiger partial charge in [-0.1, -0.05) is 0 Å². The van der Waals surface area contributed by atoms with Crippen molar-refractivity contribution in [3.05, 3.63) is 16.1 Å². The molecule has 0 saturated carbocycles. The third-order valence-electron chi connectivity index (χ3n) is 1.93. The summed E-state index contributed by atoms with van der Waals surface area (Å²) >= 11 is 1.74. The number of nitrogens with zero attached hydrogens (tertiary/aromatic N) is 1. The predicted octanol–water partition coefficient (Wildman–Crippen LogP) is 2.77. The third kappa shape index (κ3) is 4.72. The lowest BCUT2D eigenvalue weighted by Crippen LogP contribution is -2.36. The molecule has 0 radical (unpaired) electrons. The van der Waals surface area contributed by atoms with Gasteiger partial charge in [0, 0.05) is 10.9 Å². The van der Waals surface area contributed by atoms with Crippen molar-refractivity contribution in [3.63, 3.8) is 0 Å². The Hall–Kier alpha value is -0.410. The van der Waals surface area contributed by atoms with Gasteiger partial charge in [0.05, 0.1) is 10.7 Å². The molecule has 0 spiro atoms. The van der Waals surface area contributed by atoms with Gasteiger partial charge in [-0.15, -0.1) is 11.3 Å². The molecule has 14 heavy (non-hydrogen) atoms. The first-order valence-corrected chi connectivity index (χ1v) is 6.01. The van der Waals surface area contributed by atoms with Crippen molar-refractivity contribution in [1.29, 1.82) is 0 Å². The average Bonchev–Trinajstić information content (AvgIpc) is 2.44. The van der Waals surface area contributed by atoms with E-state index in [0.29, 0.717) is 0 Å². The van der Waals surface area contributed by atoms with Crippen LogP contribution in [0.5, 0.6) is 0 Å². The SMILES string of the molecule is Cc1nc(CCCNC(C)(C)C)cs1. The summed E-state index contributed by atoms with van der Waals surface area (Å²) in [5, 5.41) is 6.80. The van der Waals surface area contributed by atoms with Crippen LogP contribution in [0.2, 0.25) is 0 Å². The molecule has 0 amide bonds. The smallest absolute Gasteiger partial charge is 0.0897 e. The van der Waals surface area contributed by atoms with Crippen LogP contribution in [0.15, 0.2) is 5.38 Å². The van der Waals surface area contributed by atoms with Gasteiger partial charge in [-0.3, -0.25) is 0 Å². The summed E-state index contributed by atoms with van der Waals surface area (Å²) in [5.41, 5.74) is 1.47. The Morgan fingerprint density at radius 3 is 2.64 bits per heavy atom. The molecule has 0 aromatic carbocycles. The van der Waals surface area contributed by atoms with E-state index < -0.39 is 0 Å². The fourth-order valence-electron chi connectivity index (χ4n) is 1.26. The number of hydrogen-bond acceptors (Lipinski definition) is 3. The van der Waals surface area contributed by atoms with Crippen LogP contribution >= 0.6 is 11.3 Å². The van der Waals surface area contributed by atoms with Crippen LogP contribution in [0, 0.1) is 6.92 Å². The normalized spacial score (nSPS) is 12.0. The van der Waals surface area contributed by atoms with E-state index in [1.807, 2.05) is 0 Å². The first-order valence-electron chi connectivity index (χ1n) is 5.13. The van der Waals surface area contributed by atoms with E-state index in [2.05, 4.69) is 43.4 Å². The van der Waals surface area contributed by atoms with Gasteiger partial charge in [0.1, 0.15) is 0 Å². The highest BCUT2D eigenvalue weighted by Gasteiger charge is 2.07. The monoisotopic (exact) mass is 212 g/mol. The molecule has 0 bridgehead atoms. The van der Waals surface area contributed by atoms with Crippen LogP contribution in [0.3, 0.4) is 0 Å². The summed E-state index contributed by atoms with van der Waals surface area (Å²) in [6.07, 6.45) is 2.26. The molecule has 0 unspecified atom stereocenters. The maximum absolute atomic E-state index is 4.44. The highest BCUT2D eigenvalue weighted by Crippen LogP contribution is 2.09. The van der Waals surface area contributed by atoms with Crippen LogP contribution in [0.25, 0.3) is 0 Å². The standard InChI is InChI=1S/C11H20N2S/c1-9-13-10(8-14-9)6-5-7-12-11(2,3)4/h8,12H,5-7H2,1-4H3. The molecule has 0 fully saturated rings. The maximum atomic E-state index is 4.44. The summed E-state index contributed by atoms with van der Waals surface area (Å²) in [6.45, 7) is 9.71. The zero-order chi connectivity index (χ0) is 10.6. The molecule has 0 atom stereocenters. The van der Waals surface area contributed by atoms with Gasteiger partial charge in [0.2, 0.25) is 0 Å². The lowest BCUT2D eigenvalue weighted by atomic mass is 10.1. The van der Waals surface area contributed by atoms with E-state index in [9.17, 15) is 0 Å². The number of aryl methyl sites for hydroxylation is 2. The quantitative estimate of drug-likeness (QED) is 0.776. The molecular weight excluding hydrogens is 192 g/mol. The van der Waals surface area contributed by atoms with Gasteiger partial charge in [-0.25, -0.2) is 4.98 Å². The fraction of sp³-hybridized carbons (Fsp3) is 0.727. The minimum absolute atomic E-state index is 0.234. The number of aromatic nitrogens is 1. The Balaban J connectivity index is 2.16. The second-order valence-corrected chi connectivity index (χ2v) is 5.70. The molecule has 1 aromatic heterocycles. The molecule has 0 aliphatic heterocycles. The Kier molecular flexibility index (Phi) is 4.08. The molecule has 0 aliphatic rings. The van der Waals surface area contributed by atoms with Crippen molar-refractivity contribution in [1.82, 2.24) is 10.3 Å². The molecular formula is C11H20N2S. The highest BCUT2D eigenvalue weighted by atomic mass is 32.1. The summed E-state index contributed by atoms with van der Waals surface area (Å²) in [5.74, 6) is 0. The van der Waals surface area contributed by atoms with E-state index in [1.54, 1.807) is 11.3 Å². The Morgan fingerprint density at radius 1 is 1.43 bits per heavy atom. The van der Waals surface area contributed by atoms with E-state index >= 15 is 0 Å². The lowest BCUT2D eigenvalue weighted by molar-refractivity contribution is 0.422. The number of hydrogen-bond donors (Lipinski definition) is 1. The van der Waals surface area contributed by atoms with Crippen LogP contribution in [0.4, 0.5) is 0 Å². The third-order valence-corrected chi connectivity index (χ3v) is 2.75. The van der Waals surface area contributed by atoms with Gasteiger partial charge < -0.3 is 5.32 Å². The molecule has 1 heterocycles. The second kappa shape index (κ2) is 4.89. The molecule has 3 heteroatoms. The van der Waals surface area contributed by atoms with Crippen molar-refractivity contribution >= 4 is 11.3 Å². The summed E-state index contributed by atoms with van der Waals surface area (Å²) in [4.78, 5) is 4.44. The molecule has 0 saturated heterocycles. The maximum Gasteiger partial charge on any atom is 0.0897 e. The van der Waals surface area contributed by atoms with Crippen LogP contribution in [0.1, 0.15) is 37.9 Å². The summed E-state index contributed by atoms with van der Waals surface area (Å²) in [7, 11) is 0. The molecule has 1 rings (SSSR count). The van der Waals surface area contributed by atoms with Crippen molar-refractivity contribution < 1.29 is 0 Å². The first kappa shape index (κ1) is 11.7. The van der Waals surface area contributed by atoms with Crippen LogP contribution < -0.4 is 5.32 Å². The predicted molar refractivity (Wildman–Crippen MR) is 62.9 cm³/mol. The van der Waals surface area contributed by atoms with Crippen molar-refractivity contribution in [2.75, 3.05) is 6.54 Å². The van der Waals surface area contributed by atoms with E-state index in [1.165, 1.54) is 17.1 Å². The Labute approximate surface area is 90.8 Å². The van der Waals surface area contributed by atoms with Crippen LogP contribution in [-0.4, -0.2) is 17.1 Å². The first-order chi connectivity index (χ1) is 6.47. The van der Waals surface area contributed by atoms with E-state index in [-0.39, 0.29) is 5.54 Å². The number of thiazole rings is 1. The molecule has 0 aliphatic carbocycles. The molecule has 80 valence electrons. The minimum atomic E-state index is 0.234. The Bertz CT molecular complexity index is 273. The molecule has 1 aromatic rings. The number of nitrogens with one attached hydrogen (secondary N) is 1. The lowest BCUT2D eigenvalue weighted by Gasteiger charge is -2.20. The van der Waals surface area contributed by atoms with Crippen LogP contribution in [-0.2, 0) is 6.42 Å². The minimum Gasteiger partial charge on any atom is -0.312 e. The van der Waals surface area contributed by atoms with E-state index in [4.69, 9.17) is 0 Å². The Morgan fingerprint density at radius 2 is 2.14 bits per heavy atom. The van der Waals surface area contributed by atoms with Gasteiger partial charge >= 0.3 is 0 Å². The average molecular weight is 212 g/mol. The summed E-state index contributed by atoms with van der Waals surface area (Å²) < 4.78 is 0. The zero-order valence-corrected chi connectivity index (χ0v) is 10.4.